The van der Waals surface area contributed by atoms with E-state index in [0.29, 0.717) is 45.1 Å². The summed E-state index contributed by atoms with van der Waals surface area (Å²) in [6.45, 7) is 7.97. The fourth-order valence-corrected chi connectivity index (χ4v) is 3.78. The van der Waals surface area contributed by atoms with E-state index >= 15 is 0 Å². The number of carbonyl (C=O) groups is 2. The van der Waals surface area contributed by atoms with E-state index in [2.05, 4.69) is 9.97 Å². The van der Waals surface area contributed by atoms with E-state index in [1.54, 1.807) is 22.2 Å². The number of benzene rings is 1. The Morgan fingerprint density at radius 1 is 1.03 bits per heavy atom. The van der Waals surface area contributed by atoms with Crippen LogP contribution in [0.25, 0.3) is 11.1 Å². The van der Waals surface area contributed by atoms with Crippen molar-refractivity contribution in [2.24, 2.45) is 0 Å². The first-order valence-corrected chi connectivity index (χ1v) is 11.2. The summed E-state index contributed by atoms with van der Waals surface area (Å²) in [5.74, 6) is -0.0317. The van der Waals surface area contributed by atoms with E-state index in [1.165, 1.54) is 0 Å². The van der Waals surface area contributed by atoms with Gasteiger partial charge in [-0.25, -0.2) is 14.8 Å². The molecule has 0 spiro atoms. The van der Waals surface area contributed by atoms with Gasteiger partial charge in [0.2, 0.25) is 0 Å². The van der Waals surface area contributed by atoms with Gasteiger partial charge in [0, 0.05) is 56.1 Å². The Balaban J connectivity index is 1.30. The molecule has 0 saturated carbocycles. The van der Waals surface area contributed by atoms with Crippen molar-refractivity contribution in [1.29, 1.82) is 0 Å². The standard InChI is InChI=1S/C24H30N4O5/c1-24(2,3)33-23(30)27-10-8-20(9-11-27)32-22-25-14-18(15-26-22)17-4-6-19(7-5-17)28-12-13-31-16-21(28)29/h4-7,14-15,20H,8-13,16H2,1-3H3. The zero-order valence-corrected chi connectivity index (χ0v) is 19.3. The van der Waals surface area contributed by atoms with Crippen molar-refractivity contribution >= 4 is 17.7 Å². The molecule has 0 aliphatic carbocycles. The van der Waals surface area contributed by atoms with Crippen molar-refractivity contribution in [2.45, 2.75) is 45.3 Å². The maximum absolute atomic E-state index is 12.2. The summed E-state index contributed by atoms with van der Waals surface area (Å²) >= 11 is 0. The van der Waals surface area contributed by atoms with Crippen molar-refractivity contribution in [3.63, 3.8) is 0 Å². The fraction of sp³-hybridized carbons (Fsp3) is 0.500. The first-order chi connectivity index (χ1) is 15.8. The molecule has 9 nitrogen and oxygen atoms in total. The number of anilines is 1. The molecule has 0 unspecified atom stereocenters. The van der Waals surface area contributed by atoms with Crippen LogP contribution in [-0.4, -0.2) is 71.4 Å². The van der Waals surface area contributed by atoms with Gasteiger partial charge in [-0.1, -0.05) is 12.1 Å². The average molecular weight is 455 g/mol. The minimum atomic E-state index is -0.500. The van der Waals surface area contributed by atoms with Gasteiger partial charge >= 0.3 is 12.1 Å². The zero-order valence-electron chi connectivity index (χ0n) is 19.3. The molecule has 33 heavy (non-hydrogen) atoms. The van der Waals surface area contributed by atoms with Gasteiger partial charge in [0.15, 0.2) is 0 Å². The SMILES string of the molecule is CC(C)(C)OC(=O)N1CCC(Oc2ncc(-c3ccc(N4CCOCC4=O)cc3)cn2)CC1. The number of likely N-dealkylation sites (tertiary alicyclic amines) is 1. The topological polar surface area (TPSA) is 94.1 Å². The summed E-state index contributed by atoms with van der Waals surface area (Å²) < 4.78 is 16.5. The predicted molar refractivity (Wildman–Crippen MR) is 122 cm³/mol. The lowest BCUT2D eigenvalue weighted by Crippen LogP contribution is -2.44. The van der Waals surface area contributed by atoms with Crippen LogP contribution in [0.5, 0.6) is 6.01 Å². The highest BCUT2D eigenvalue weighted by Crippen LogP contribution is 2.25. The van der Waals surface area contributed by atoms with E-state index < -0.39 is 5.60 Å². The molecule has 9 heteroatoms. The molecule has 1 aromatic heterocycles. The number of morpholine rings is 1. The largest absolute Gasteiger partial charge is 0.460 e. The van der Waals surface area contributed by atoms with E-state index in [1.807, 2.05) is 45.0 Å². The van der Waals surface area contributed by atoms with Crippen LogP contribution < -0.4 is 9.64 Å². The number of carbonyl (C=O) groups excluding carboxylic acids is 2. The summed E-state index contributed by atoms with van der Waals surface area (Å²) in [5.41, 5.74) is 2.17. The summed E-state index contributed by atoms with van der Waals surface area (Å²) in [6, 6.07) is 8.06. The minimum Gasteiger partial charge on any atom is -0.460 e. The molecule has 0 N–H and O–H groups in total. The molecule has 0 bridgehead atoms. The Kier molecular flexibility index (Phi) is 6.78. The number of hydrogen-bond acceptors (Lipinski definition) is 7. The number of piperidine rings is 1. The highest BCUT2D eigenvalue weighted by Gasteiger charge is 2.28. The summed E-state index contributed by atoms with van der Waals surface area (Å²) in [4.78, 5) is 36.3. The van der Waals surface area contributed by atoms with Gasteiger partial charge in [-0.15, -0.1) is 0 Å². The Bertz CT molecular complexity index is 964. The summed E-state index contributed by atoms with van der Waals surface area (Å²) in [7, 11) is 0. The van der Waals surface area contributed by atoms with Crippen molar-refractivity contribution in [2.75, 3.05) is 37.7 Å². The Hall–Kier alpha value is -3.20. The molecule has 0 radical (unpaired) electrons. The quantitative estimate of drug-likeness (QED) is 0.700. The van der Waals surface area contributed by atoms with Crippen LogP contribution in [0.1, 0.15) is 33.6 Å². The summed E-state index contributed by atoms with van der Waals surface area (Å²) in [6.07, 6.45) is 4.53. The first-order valence-electron chi connectivity index (χ1n) is 11.2. The Morgan fingerprint density at radius 3 is 2.30 bits per heavy atom. The van der Waals surface area contributed by atoms with Gasteiger partial charge in [-0.3, -0.25) is 4.79 Å². The number of nitrogens with zero attached hydrogens (tertiary/aromatic N) is 4. The Labute approximate surface area is 193 Å². The Morgan fingerprint density at radius 2 is 1.70 bits per heavy atom. The normalized spacial score (nSPS) is 17.7. The third-order valence-corrected chi connectivity index (χ3v) is 5.49. The highest BCUT2D eigenvalue weighted by atomic mass is 16.6. The van der Waals surface area contributed by atoms with E-state index in [0.717, 1.165) is 16.8 Å². The van der Waals surface area contributed by atoms with Gasteiger partial charge in [0.05, 0.1) is 6.61 Å². The number of ether oxygens (including phenoxy) is 3. The van der Waals surface area contributed by atoms with Crippen LogP contribution in [-0.2, 0) is 14.3 Å². The molecule has 2 saturated heterocycles. The molecule has 2 aromatic rings. The predicted octanol–water partition coefficient (Wildman–Crippen LogP) is 3.29. The van der Waals surface area contributed by atoms with Gasteiger partial charge < -0.3 is 24.0 Å². The lowest BCUT2D eigenvalue weighted by atomic mass is 10.1. The van der Waals surface area contributed by atoms with Crippen molar-refractivity contribution < 1.29 is 23.8 Å². The lowest BCUT2D eigenvalue weighted by Gasteiger charge is -2.33. The van der Waals surface area contributed by atoms with Crippen LogP contribution in [0, 0.1) is 0 Å². The van der Waals surface area contributed by atoms with Gasteiger partial charge in [0.1, 0.15) is 18.3 Å². The molecule has 1 aromatic carbocycles. The second-order valence-electron chi connectivity index (χ2n) is 9.18. The van der Waals surface area contributed by atoms with Crippen molar-refractivity contribution in [3.8, 4) is 17.1 Å². The number of rotatable bonds is 4. The second kappa shape index (κ2) is 9.74. The number of aromatic nitrogens is 2. The van der Waals surface area contributed by atoms with Gasteiger partial charge in [0.25, 0.3) is 5.91 Å². The maximum Gasteiger partial charge on any atom is 0.410 e. The minimum absolute atomic E-state index is 0.0317. The van der Waals surface area contributed by atoms with Crippen LogP contribution in [0.4, 0.5) is 10.5 Å². The molecule has 2 amide bonds. The van der Waals surface area contributed by atoms with Crippen molar-refractivity contribution in [1.82, 2.24) is 14.9 Å². The van der Waals surface area contributed by atoms with Crippen molar-refractivity contribution in [3.05, 3.63) is 36.7 Å². The first kappa shape index (κ1) is 23.0. The van der Waals surface area contributed by atoms with Crippen LogP contribution in [0.2, 0.25) is 0 Å². The molecular formula is C24H30N4O5. The molecule has 2 aliphatic rings. The zero-order chi connectivity index (χ0) is 23.4. The van der Waals surface area contributed by atoms with Crippen LogP contribution in [0.3, 0.4) is 0 Å². The highest BCUT2D eigenvalue weighted by molar-refractivity contribution is 5.95. The van der Waals surface area contributed by atoms with E-state index in [4.69, 9.17) is 14.2 Å². The van der Waals surface area contributed by atoms with E-state index in [-0.39, 0.29) is 24.7 Å². The molecule has 0 atom stereocenters. The molecule has 2 fully saturated rings. The molecule has 4 rings (SSSR count). The van der Waals surface area contributed by atoms with E-state index in [9.17, 15) is 9.59 Å². The number of amides is 2. The third-order valence-electron chi connectivity index (χ3n) is 5.49. The van der Waals surface area contributed by atoms with Gasteiger partial charge in [-0.2, -0.15) is 0 Å². The summed E-state index contributed by atoms with van der Waals surface area (Å²) in [5, 5.41) is 0. The maximum atomic E-state index is 12.2. The smallest absolute Gasteiger partial charge is 0.410 e. The molecule has 2 aliphatic heterocycles. The molecular weight excluding hydrogens is 424 g/mol. The van der Waals surface area contributed by atoms with Crippen LogP contribution >= 0.6 is 0 Å². The second-order valence-corrected chi connectivity index (χ2v) is 9.18. The van der Waals surface area contributed by atoms with Crippen LogP contribution in [0.15, 0.2) is 36.7 Å². The molecule has 176 valence electrons. The third kappa shape index (κ3) is 5.98. The fourth-order valence-electron chi connectivity index (χ4n) is 3.78. The number of hydrogen-bond donors (Lipinski definition) is 0. The van der Waals surface area contributed by atoms with Gasteiger partial charge in [-0.05, 0) is 38.5 Å². The average Bonchev–Trinajstić information content (AvgIpc) is 2.79. The monoisotopic (exact) mass is 454 g/mol. The lowest BCUT2D eigenvalue weighted by molar-refractivity contribution is -0.125. The molecule has 3 heterocycles.